The number of thiophene rings is 1. The summed E-state index contributed by atoms with van der Waals surface area (Å²) in [5, 5.41) is 3.75. The largest absolute Gasteiger partial charge is 0.298 e. The molecule has 3 rings (SSSR count). The third-order valence-electron chi connectivity index (χ3n) is 3.92. The highest BCUT2D eigenvalue weighted by molar-refractivity contribution is 7.17. The molecule has 0 N–H and O–H groups in total. The molecule has 0 amide bonds. The summed E-state index contributed by atoms with van der Waals surface area (Å²) < 4.78 is 1.41. The minimum Gasteiger partial charge on any atom is -0.298 e. The fraction of sp³-hybridized carbons (Fsp3) is 0.375. The molecule has 1 unspecified atom stereocenters. The Labute approximate surface area is 113 Å². The molecule has 0 saturated carbocycles. The fourth-order valence-electron chi connectivity index (χ4n) is 2.77. The monoisotopic (exact) mass is 257 g/mol. The zero-order valence-electron chi connectivity index (χ0n) is 10.9. The van der Waals surface area contributed by atoms with Crippen molar-refractivity contribution in [2.24, 2.45) is 5.92 Å². The molecule has 1 aromatic heterocycles. The predicted octanol–water partition coefficient (Wildman–Crippen LogP) is 4.30. The van der Waals surface area contributed by atoms with Crippen molar-refractivity contribution in [3.63, 3.8) is 0 Å². The summed E-state index contributed by atoms with van der Waals surface area (Å²) in [4.78, 5) is 2.56. The summed E-state index contributed by atoms with van der Waals surface area (Å²) in [6, 6.07) is 8.71. The minimum atomic E-state index is 0.704. The van der Waals surface area contributed by atoms with E-state index in [1.54, 1.807) is 0 Å². The summed E-state index contributed by atoms with van der Waals surface area (Å²) in [6.45, 7) is 9.74. The Morgan fingerprint density at radius 2 is 2.28 bits per heavy atom. The average molecular weight is 257 g/mol. The maximum absolute atomic E-state index is 4.09. The zero-order chi connectivity index (χ0) is 12.5. The molecule has 1 fully saturated rings. The Kier molecular flexibility index (Phi) is 3.23. The molecule has 18 heavy (non-hydrogen) atoms. The Morgan fingerprint density at radius 1 is 1.44 bits per heavy atom. The molecule has 1 aromatic carbocycles. The van der Waals surface area contributed by atoms with Crippen molar-refractivity contribution in [1.29, 1.82) is 0 Å². The highest BCUT2D eigenvalue weighted by atomic mass is 32.1. The van der Waals surface area contributed by atoms with Crippen molar-refractivity contribution < 1.29 is 0 Å². The highest BCUT2D eigenvalue weighted by Crippen LogP contribution is 2.29. The van der Waals surface area contributed by atoms with E-state index in [9.17, 15) is 0 Å². The van der Waals surface area contributed by atoms with Gasteiger partial charge in [-0.2, -0.15) is 0 Å². The Bertz CT molecular complexity index is 569. The first kappa shape index (κ1) is 11.9. The third kappa shape index (κ3) is 2.23. The van der Waals surface area contributed by atoms with Crippen LogP contribution in [0.15, 0.2) is 41.8 Å². The van der Waals surface area contributed by atoms with E-state index in [0.29, 0.717) is 5.92 Å². The summed E-state index contributed by atoms with van der Waals surface area (Å²) in [5.74, 6) is 0.704. The maximum atomic E-state index is 4.09. The van der Waals surface area contributed by atoms with Crippen LogP contribution in [0.1, 0.15) is 18.9 Å². The predicted molar refractivity (Wildman–Crippen MR) is 80.0 cm³/mol. The fourth-order valence-corrected chi connectivity index (χ4v) is 3.73. The average Bonchev–Trinajstić information content (AvgIpc) is 2.98. The van der Waals surface area contributed by atoms with E-state index < -0.39 is 0 Å². The summed E-state index contributed by atoms with van der Waals surface area (Å²) >= 11 is 1.86. The summed E-state index contributed by atoms with van der Waals surface area (Å²) in [6.07, 6.45) is 1.28. The smallest absolute Gasteiger partial charge is 0.0346 e. The first-order chi connectivity index (χ1) is 8.74. The van der Waals surface area contributed by atoms with Crippen LogP contribution in [0, 0.1) is 5.92 Å². The van der Waals surface area contributed by atoms with Crippen LogP contribution in [0.2, 0.25) is 0 Å². The van der Waals surface area contributed by atoms with Crippen LogP contribution in [-0.2, 0) is 6.54 Å². The number of hydrogen-bond donors (Lipinski definition) is 0. The van der Waals surface area contributed by atoms with Gasteiger partial charge in [0.05, 0.1) is 0 Å². The molecular weight excluding hydrogens is 238 g/mol. The molecule has 2 heteroatoms. The van der Waals surface area contributed by atoms with E-state index in [4.69, 9.17) is 0 Å². The van der Waals surface area contributed by atoms with Crippen LogP contribution >= 0.6 is 11.3 Å². The van der Waals surface area contributed by atoms with Gasteiger partial charge in [-0.3, -0.25) is 4.90 Å². The normalized spacial score (nSPS) is 20.6. The Balaban J connectivity index is 1.76. The quantitative estimate of drug-likeness (QED) is 0.741. The minimum absolute atomic E-state index is 0.704. The van der Waals surface area contributed by atoms with E-state index in [-0.39, 0.29) is 0 Å². The van der Waals surface area contributed by atoms with Crippen molar-refractivity contribution in [3.05, 3.63) is 47.4 Å². The van der Waals surface area contributed by atoms with Gasteiger partial charge in [-0.15, -0.1) is 11.3 Å². The number of fused-ring (bicyclic) bond motifs is 1. The van der Waals surface area contributed by atoms with Crippen LogP contribution in [0.4, 0.5) is 0 Å². The third-order valence-corrected chi connectivity index (χ3v) is 4.94. The zero-order valence-corrected chi connectivity index (χ0v) is 11.7. The standard InChI is InChI=1S/C16H19NS/c1-12(2)13-7-8-17(9-13)10-14-11-18-16-6-4-3-5-15(14)16/h3-6,11,13H,1,7-10H2,2H3. The van der Waals surface area contributed by atoms with Crippen LogP contribution in [-0.4, -0.2) is 18.0 Å². The summed E-state index contributed by atoms with van der Waals surface area (Å²) in [5.41, 5.74) is 2.82. The second kappa shape index (κ2) is 4.87. The molecule has 1 nitrogen and oxygen atoms in total. The summed E-state index contributed by atoms with van der Waals surface area (Å²) in [7, 11) is 0. The molecule has 0 spiro atoms. The van der Waals surface area contributed by atoms with E-state index >= 15 is 0 Å². The van der Waals surface area contributed by atoms with Crippen LogP contribution in [0.25, 0.3) is 10.1 Å². The second-order valence-electron chi connectivity index (χ2n) is 5.32. The molecule has 0 bridgehead atoms. The highest BCUT2D eigenvalue weighted by Gasteiger charge is 2.23. The van der Waals surface area contributed by atoms with Gasteiger partial charge in [0.2, 0.25) is 0 Å². The number of rotatable bonds is 3. The molecule has 0 radical (unpaired) electrons. The van der Waals surface area contributed by atoms with E-state index in [1.165, 1.54) is 40.7 Å². The van der Waals surface area contributed by atoms with Gasteiger partial charge in [0, 0.05) is 17.8 Å². The van der Waals surface area contributed by atoms with Crippen LogP contribution in [0.3, 0.4) is 0 Å². The van der Waals surface area contributed by atoms with Crippen molar-refractivity contribution in [2.75, 3.05) is 13.1 Å². The molecule has 94 valence electrons. The lowest BCUT2D eigenvalue weighted by Crippen LogP contribution is -2.20. The van der Waals surface area contributed by atoms with Gasteiger partial charge in [-0.25, -0.2) is 0 Å². The molecule has 1 aliphatic heterocycles. The molecule has 2 aromatic rings. The van der Waals surface area contributed by atoms with Gasteiger partial charge in [0.15, 0.2) is 0 Å². The van der Waals surface area contributed by atoms with E-state index in [1.807, 2.05) is 11.3 Å². The van der Waals surface area contributed by atoms with Crippen molar-refractivity contribution in [3.8, 4) is 0 Å². The molecule has 1 saturated heterocycles. The molecule has 1 aliphatic rings. The van der Waals surface area contributed by atoms with Gasteiger partial charge < -0.3 is 0 Å². The molecule has 2 heterocycles. The van der Waals surface area contributed by atoms with Gasteiger partial charge in [0.1, 0.15) is 0 Å². The maximum Gasteiger partial charge on any atom is 0.0346 e. The Morgan fingerprint density at radius 3 is 3.06 bits per heavy atom. The number of hydrogen-bond acceptors (Lipinski definition) is 2. The van der Waals surface area contributed by atoms with Crippen molar-refractivity contribution >= 4 is 21.4 Å². The van der Waals surface area contributed by atoms with Crippen LogP contribution < -0.4 is 0 Å². The first-order valence-corrected chi connectivity index (χ1v) is 7.45. The lowest BCUT2D eigenvalue weighted by molar-refractivity contribution is 0.324. The molecule has 1 atom stereocenters. The second-order valence-corrected chi connectivity index (χ2v) is 6.24. The lowest BCUT2D eigenvalue weighted by Gasteiger charge is -2.15. The van der Waals surface area contributed by atoms with Crippen molar-refractivity contribution in [2.45, 2.75) is 19.9 Å². The van der Waals surface area contributed by atoms with Gasteiger partial charge >= 0.3 is 0 Å². The van der Waals surface area contributed by atoms with Crippen LogP contribution in [0.5, 0.6) is 0 Å². The van der Waals surface area contributed by atoms with E-state index in [0.717, 1.165) is 6.54 Å². The number of likely N-dealkylation sites (tertiary alicyclic amines) is 1. The van der Waals surface area contributed by atoms with Gasteiger partial charge in [0.25, 0.3) is 0 Å². The van der Waals surface area contributed by atoms with E-state index in [2.05, 4.69) is 48.0 Å². The molecule has 0 aliphatic carbocycles. The Hall–Kier alpha value is -1.12. The number of benzene rings is 1. The van der Waals surface area contributed by atoms with Gasteiger partial charge in [-0.1, -0.05) is 30.4 Å². The van der Waals surface area contributed by atoms with Gasteiger partial charge in [-0.05, 0) is 48.2 Å². The first-order valence-electron chi connectivity index (χ1n) is 6.57. The lowest BCUT2D eigenvalue weighted by atomic mass is 10.0. The van der Waals surface area contributed by atoms with Crippen molar-refractivity contribution in [1.82, 2.24) is 4.90 Å². The SMILES string of the molecule is C=C(C)C1CCN(Cc2csc3ccccc23)C1. The molecular formula is C16H19NS. The topological polar surface area (TPSA) is 3.24 Å². The number of nitrogens with zero attached hydrogens (tertiary/aromatic N) is 1.